The molecule has 2 aromatic heterocycles. The molecule has 0 saturated heterocycles. The van der Waals surface area contributed by atoms with Crippen molar-refractivity contribution in [3.8, 4) is 5.88 Å². The Morgan fingerprint density at radius 1 is 1.00 bits per heavy atom. The lowest BCUT2D eigenvalue weighted by molar-refractivity contribution is 0.402. The predicted molar refractivity (Wildman–Crippen MR) is 55.6 cm³/mol. The predicted octanol–water partition coefficient (Wildman–Crippen LogP) is 0.627. The molecule has 0 bridgehead atoms. The molecule has 15 heavy (non-hydrogen) atoms. The molecule has 6 nitrogen and oxygen atoms in total. The number of hydrogen-bond donors (Lipinski definition) is 1. The van der Waals surface area contributed by atoms with Gasteiger partial charge in [-0.15, -0.1) is 0 Å². The molecule has 2 rings (SSSR count). The SMILES string of the molecule is COc1nc(N)nc2nc(C)c(C)nc12. The molecule has 0 spiro atoms. The van der Waals surface area contributed by atoms with Crippen molar-refractivity contribution in [2.75, 3.05) is 12.8 Å². The van der Waals surface area contributed by atoms with Crippen molar-refractivity contribution in [3.05, 3.63) is 11.4 Å². The fourth-order valence-corrected chi connectivity index (χ4v) is 1.25. The number of anilines is 1. The van der Waals surface area contributed by atoms with Gasteiger partial charge in [0.25, 0.3) is 0 Å². The highest BCUT2D eigenvalue weighted by molar-refractivity contribution is 5.76. The molecule has 0 aliphatic rings. The van der Waals surface area contributed by atoms with Gasteiger partial charge in [-0.1, -0.05) is 0 Å². The van der Waals surface area contributed by atoms with Gasteiger partial charge in [-0.05, 0) is 13.8 Å². The van der Waals surface area contributed by atoms with E-state index < -0.39 is 0 Å². The van der Waals surface area contributed by atoms with Crippen LogP contribution in [0.15, 0.2) is 0 Å². The number of hydrogen-bond acceptors (Lipinski definition) is 6. The Morgan fingerprint density at radius 3 is 2.33 bits per heavy atom. The minimum Gasteiger partial charge on any atom is -0.479 e. The van der Waals surface area contributed by atoms with Crippen molar-refractivity contribution < 1.29 is 4.74 Å². The van der Waals surface area contributed by atoms with Crippen LogP contribution in [0.3, 0.4) is 0 Å². The maximum Gasteiger partial charge on any atom is 0.246 e. The van der Waals surface area contributed by atoms with Gasteiger partial charge >= 0.3 is 0 Å². The Kier molecular flexibility index (Phi) is 2.11. The molecule has 6 heteroatoms. The number of nitrogens with two attached hydrogens (primary N) is 1. The number of nitrogens with zero attached hydrogens (tertiary/aromatic N) is 4. The zero-order valence-electron chi connectivity index (χ0n) is 8.77. The molecule has 0 aliphatic heterocycles. The summed E-state index contributed by atoms with van der Waals surface area (Å²) in [7, 11) is 1.51. The van der Waals surface area contributed by atoms with Crippen molar-refractivity contribution in [2.24, 2.45) is 0 Å². The number of aromatic nitrogens is 4. The molecule has 0 fully saturated rings. The van der Waals surface area contributed by atoms with Gasteiger partial charge in [-0.3, -0.25) is 0 Å². The molecule has 0 unspecified atom stereocenters. The van der Waals surface area contributed by atoms with Crippen molar-refractivity contribution in [1.82, 2.24) is 19.9 Å². The van der Waals surface area contributed by atoms with Crippen LogP contribution in [0, 0.1) is 13.8 Å². The van der Waals surface area contributed by atoms with E-state index in [-0.39, 0.29) is 5.95 Å². The Labute approximate surface area is 86.5 Å². The van der Waals surface area contributed by atoms with Crippen molar-refractivity contribution in [1.29, 1.82) is 0 Å². The Balaban J connectivity index is 2.84. The Bertz CT molecular complexity index is 525. The maximum atomic E-state index is 5.52. The number of fused-ring (bicyclic) bond motifs is 1. The average Bonchev–Trinajstić information content (AvgIpc) is 2.19. The topological polar surface area (TPSA) is 86.8 Å². The van der Waals surface area contributed by atoms with Crippen LogP contribution >= 0.6 is 0 Å². The third-order valence-corrected chi connectivity index (χ3v) is 2.12. The third-order valence-electron chi connectivity index (χ3n) is 2.12. The van der Waals surface area contributed by atoms with Gasteiger partial charge < -0.3 is 10.5 Å². The minimum absolute atomic E-state index is 0.136. The highest BCUT2D eigenvalue weighted by Gasteiger charge is 2.10. The summed E-state index contributed by atoms with van der Waals surface area (Å²) in [5, 5.41) is 0. The van der Waals surface area contributed by atoms with Gasteiger partial charge in [0.2, 0.25) is 11.8 Å². The fraction of sp³-hybridized carbons (Fsp3) is 0.333. The Morgan fingerprint density at radius 2 is 1.67 bits per heavy atom. The van der Waals surface area contributed by atoms with Gasteiger partial charge in [-0.25, -0.2) is 9.97 Å². The fourth-order valence-electron chi connectivity index (χ4n) is 1.25. The minimum atomic E-state index is 0.136. The number of aryl methyl sites for hydroxylation is 2. The van der Waals surface area contributed by atoms with Crippen LogP contribution in [0.4, 0.5) is 5.95 Å². The van der Waals surface area contributed by atoms with Crippen LogP contribution in [0.25, 0.3) is 11.2 Å². The second kappa shape index (κ2) is 3.30. The summed E-state index contributed by atoms with van der Waals surface area (Å²) in [6, 6.07) is 0. The van der Waals surface area contributed by atoms with E-state index in [4.69, 9.17) is 10.5 Å². The maximum absolute atomic E-state index is 5.52. The first-order chi connectivity index (χ1) is 7.11. The first-order valence-corrected chi connectivity index (χ1v) is 4.44. The number of methoxy groups -OCH3 is 1. The van der Waals surface area contributed by atoms with E-state index in [1.807, 2.05) is 13.8 Å². The van der Waals surface area contributed by atoms with E-state index in [0.717, 1.165) is 11.4 Å². The van der Waals surface area contributed by atoms with Crippen LogP contribution in [0.2, 0.25) is 0 Å². The summed E-state index contributed by atoms with van der Waals surface area (Å²) in [4.78, 5) is 16.5. The molecular weight excluding hydrogens is 194 g/mol. The van der Waals surface area contributed by atoms with E-state index in [0.29, 0.717) is 17.0 Å². The number of nitrogen functional groups attached to an aromatic ring is 1. The van der Waals surface area contributed by atoms with E-state index in [1.165, 1.54) is 7.11 Å². The van der Waals surface area contributed by atoms with E-state index in [2.05, 4.69) is 19.9 Å². The molecule has 0 amide bonds. The third kappa shape index (κ3) is 1.54. The van der Waals surface area contributed by atoms with Crippen LogP contribution in [-0.4, -0.2) is 27.0 Å². The smallest absolute Gasteiger partial charge is 0.246 e. The highest BCUT2D eigenvalue weighted by Crippen LogP contribution is 2.20. The summed E-state index contributed by atoms with van der Waals surface area (Å²) in [6.07, 6.45) is 0. The average molecular weight is 205 g/mol. The molecule has 2 aromatic rings. The highest BCUT2D eigenvalue weighted by atomic mass is 16.5. The molecule has 0 saturated carbocycles. The van der Waals surface area contributed by atoms with Crippen molar-refractivity contribution in [3.63, 3.8) is 0 Å². The zero-order chi connectivity index (χ0) is 11.0. The van der Waals surface area contributed by atoms with Crippen LogP contribution in [0.1, 0.15) is 11.4 Å². The Hall–Kier alpha value is -1.98. The summed E-state index contributed by atoms with van der Waals surface area (Å²) in [5.74, 6) is 0.491. The number of ether oxygens (including phenoxy) is 1. The van der Waals surface area contributed by atoms with Gasteiger partial charge in [-0.2, -0.15) is 9.97 Å². The van der Waals surface area contributed by atoms with Gasteiger partial charge in [0, 0.05) is 0 Å². The molecule has 78 valence electrons. The van der Waals surface area contributed by atoms with Crippen LogP contribution < -0.4 is 10.5 Å². The molecule has 0 aromatic carbocycles. The summed E-state index contributed by atoms with van der Waals surface area (Å²) in [5.41, 5.74) is 8.17. The molecule has 0 atom stereocenters. The van der Waals surface area contributed by atoms with Crippen molar-refractivity contribution >= 4 is 17.1 Å². The molecule has 2 heterocycles. The van der Waals surface area contributed by atoms with Gasteiger partial charge in [0.05, 0.1) is 18.5 Å². The van der Waals surface area contributed by atoms with Gasteiger partial charge in [0.15, 0.2) is 11.2 Å². The monoisotopic (exact) mass is 205 g/mol. The first-order valence-electron chi connectivity index (χ1n) is 4.44. The molecule has 2 N–H and O–H groups in total. The van der Waals surface area contributed by atoms with E-state index in [1.54, 1.807) is 0 Å². The first kappa shape index (κ1) is 9.57. The normalized spacial score (nSPS) is 10.6. The molecule has 0 aliphatic carbocycles. The quantitative estimate of drug-likeness (QED) is 0.734. The molecular formula is C9H11N5O. The van der Waals surface area contributed by atoms with E-state index in [9.17, 15) is 0 Å². The lowest BCUT2D eigenvalue weighted by Gasteiger charge is -2.05. The summed E-state index contributed by atoms with van der Waals surface area (Å²) >= 11 is 0. The summed E-state index contributed by atoms with van der Waals surface area (Å²) in [6.45, 7) is 3.74. The second-order valence-electron chi connectivity index (χ2n) is 3.16. The standard InChI is InChI=1S/C9H11N5O/c1-4-5(2)12-7-6(11-4)8(15-3)14-9(10)13-7/h1-3H3,(H2,10,12,13,14). The number of rotatable bonds is 1. The lowest BCUT2D eigenvalue weighted by Crippen LogP contribution is -2.03. The van der Waals surface area contributed by atoms with Crippen molar-refractivity contribution in [2.45, 2.75) is 13.8 Å². The largest absolute Gasteiger partial charge is 0.479 e. The zero-order valence-corrected chi connectivity index (χ0v) is 8.77. The van der Waals surface area contributed by atoms with Crippen LogP contribution in [-0.2, 0) is 0 Å². The van der Waals surface area contributed by atoms with E-state index >= 15 is 0 Å². The van der Waals surface area contributed by atoms with Gasteiger partial charge in [0.1, 0.15) is 0 Å². The molecule has 0 radical (unpaired) electrons. The van der Waals surface area contributed by atoms with Crippen LogP contribution in [0.5, 0.6) is 5.88 Å². The lowest BCUT2D eigenvalue weighted by atomic mass is 10.3. The summed E-state index contributed by atoms with van der Waals surface area (Å²) < 4.78 is 5.07. The second-order valence-corrected chi connectivity index (χ2v) is 3.16.